The van der Waals surface area contributed by atoms with Crippen LogP contribution in [-0.4, -0.2) is 9.95 Å². The molecule has 0 bridgehead atoms. The molecule has 0 spiro atoms. The van der Waals surface area contributed by atoms with Crippen molar-refractivity contribution in [2.45, 2.75) is 12.8 Å². The summed E-state index contributed by atoms with van der Waals surface area (Å²) in [7, 11) is 0. The Kier molecular flexibility index (Phi) is 4.97. The lowest BCUT2D eigenvalue weighted by atomic mass is 10.0. The van der Waals surface area contributed by atoms with Gasteiger partial charge in [0.25, 0.3) is 0 Å². The standard InChI is InChI=1S/C16H16S2/c1-13(14-8-4-2-5-9-14)12-18-16(17)15-10-6-3-7-11-15/h2-11,13H,12H2,1H3. The molecule has 2 aromatic rings. The molecule has 1 atom stereocenters. The summed E-state index contributed by atoms with van der Waals surface area (Å²) in [4.78, 5) is 0. The molecule has 0 aliphatic carbocycles. The molecule has 2 heteroatoms. The molecule has 0 heterocycles. The number of hydrogen-bond acceptors (Lipinski definition) is 2. The van der Waals surface area contributed by atoms with Crippen LogP contribution in [-0.2, 0) is 0 Å². The lowest BCUT2D eigenvalue weighted by molar-refractivity contribution is 0.883. The Balaban J connectivity index is 1.91. The topological polar surface area (TPSA) is 0 Å². The van der Waals surface area contributed by atoms with Gasteiger partial charge in [0, 0.05) is 5.75 Å². The van der Waals surface area contributed by atoms with Crippen LogP contribution in [0.15, 0.2) is 60.7 Å². The van der Waals surface area contributed by atoms with E-state index in [1.54, 1.807) is 11.8 Å². The van der Waals surface area contributed by atoms with E-state index in [0.717, 1.165) is 15.5 Å². The van der Waals surface area contributed by atoms with Crippen molar-refractivity contribution in [3.8, 4) is 0 Å². The van der Waals surface area contributed by atoms with Gasteiger partial charge in [0.05, 0.1) is 4.20 Å². The van der Waals surface area contributed by atoms with Crippen molar-refractivity contribution in [3.63, 3.8) is 0 Å². The van der Waals surface area contributed by atoms with Crippen LogP contribution in [0.1, 0.15) is 24.0 Å². The van der Waals surface area contributed by atoms with E-state index in [-0.39, 0.29) is 0 Å². The third kappa shape index (κ3) is 3.69. The van der Waals surface area contributed by atoms with Gasteiger partial charge in [-0.3, -0.25) is 0 Å². The van der Waals surface area contributed by atoms with Gasteiger partial charge in [-0.05, 0) is 17.0 Å². The van der Waals surface area contributed by atoms with Crippen LogP contribution in [0.5, 0.6) is 0 Å². The molecule has 0 aliphatic heterocycles. The number of thiocarbonyl (C=S) groups is 1. The number of benzene rings is 2. The maximum Gasteiger partial charge on any atom is 0.0778 e. The highest BCUT2D eigenvalue weighted by Gasteiger charge is 2.07. The van der Waals surface area contributed by atoms with E-state index >= 15 is 0 Å². The first-order valence-electron chi connectivity index (χ1n) is 6.04. The Labute approximate surface area is 118 Å². The minimum atomic E-state index is 0.526. The van der Waals surface area contributed by atoms with Crippen molar-refractivity contribution in [2.75, 3.05) is 5.75 Å². The second-order valence-electron chi connectivity index (χ2n) is 4.28. The Bertz CT molecular complexity index is 491. The third-order valence-electron chi connectivity index (χ3n) is 2.84. The lowest BCUT2D eigenvalue weighted by Gasteiger charge is -2.11. The molecule has 0 nitrogen and oxygen atoms in total. The van der Waals surface area contributed by atoms with E-state index in [2.05, 4.69) is 49.4 Å². The molecule has 0 N–H and O–H groups in total. The molecule has 2 rings (SSSR count). The van der Waals surface area contributed by atoms with Crippen LogP contribution in [0.2, 0.25) is 0 Å². The predicted octanol–water partition coefficient (Wildman–Crippen LogP) is 4.90. The first-order chi connectivity index (χ1) is 8.77. The number of hydrogen-bond donors (Lipinski definition) is 0. The van der Waals surface area contributed by atoms with E-state index < -0.39 is 0 Å². The molecule has 0 saturated carbocycles. The Morgan fingerprint density at radius 1 is 1.00 bits per heavy atom. The van der Waals surface area contributed by atoms with E-state index in [9.17, 15) is 0 Å². The maximum absolute atomic E-state index is 5.45. The molecule has 92 valence electrons. The zero-order valence-corrected chi connectivity index (χ0v) is 12.0. The first-order valence-corrected chi connectivity index (χ1v) is 7.44. The van der Waals surface area contributed by atoms with Crippen LogP contribution in [0.25, 0.3) is 0 Å². The number of rotatable bonds is 4. The quantitative estimate of drug-likeness (QED) is 0.726. The summed E-state index contributed by atoms with van der Waals surface area (Å²) < 4.78 is 0.985. The molecule has 0 saturated heterocycles. The minimum Gasteiger partial charge on any atom is -0.113 e. The SMILES string of the molecule is CC(CSC(=S)c1ccccc1)c1ccccc1. The average molecular weight is 272 g/mol. The fourth-order valence-corrected chi connectivity index (χ4v) is 2.97. The van der Waals surface area contributed by atoms with E-state index in [1.807, 2.05) is 18.2 Å². The molecular weight excluding hydrogens is 256 g/mol. The zero-order valence-electron chi connectivity index (χ0n) is 10.4. The van der Waals surface area contributed by atoms with Crippen LogP contribution in [0.4, 0.5) is 0 Å². The van der Waals surface area contributed by atoms with Crippen molar-refractivity contribution >= 4 is 28.2 Å². The summed E-state index contributed by atoms with van der Waals surface area (Å²) >= 11 is 7.22. The van der Waals surface area contributed by atoms with Gasteiger partial charge in [-0.25, -0.2) is 0 Å². The van der Waals surface area contributed by atoms with Crippen molar-refractivity contribution < 1.29 is 0 Å². The van der Waals surface area contributed by atoms with Gasteiger partial charge in [-0.2, -0.15) is 0 Å². The molecule has 0 aliphatic rings. The smallest absolute Gasteiger partial charge is 0.0778 e. The van der Waals surface area contributed by atoms with Gasteiger partial charge in [0.2, 0.25) is 0 Å². The first kappa shape index (κ1) is 13.3. The van der Waals surface area contributed by atoms with Gasteiger partial charge in [0.15, 0.2) is 0 Å². The van der Waals surface area contributed by atoms with Crippen molar-refractivity contribution in [1.29, 1.82) is 0 Å². The second kappa shape index (κ2) is 6.72. The molecule has 0 amide bonds. The van der Waals surface area contributed by atoms with E-state index in [4.69, 9.17) is 12.2 Å². The number of thioether (sulfide) groups is 1. The summed E-state index contributed by atoms with van der Waals surface area (Å²) in [5.74, 6) is 1.55. The highest BCUT2D eigenvalue weighted by atomic mass is 32.2. The van der Waals surface area contributed by atoms with Crippen molar-refractivity contribution in [2.24, 2.45) is 0 Å². The van der Waals surface area contributed by atoms with Gasteiger partial charge in [-0.15, -0.1) is 11.8 Å². The monoisotopic (exact) mass is 272 g/mol. The van der Waals surface area contributed by atoms with Gasteiger partial charge in [0.1, 0.15) is 0 Å². The molecule has 0 aromatic heterocycles. The molecule has 0 fully saturated rings. The highest BCUT2D eigenvalue weighted by Crippen LogP contribution is 2.23. The van der Waals surface area contributed by atoms with Gasteiger partial charge in [-0.1, -0.05) is 79.8 Å². The minimum absolute atomic E-state index is 0.526. The fraction of sp³-hybridized carbons (Fsp3) is 0.188. The Morgan fingerprint density at radius 3 is 2.17 bits per heavy atom. The molecule has 2 aromatic carbocycles. The molecule has 18 heavy (non-hydrogen) atoms. The highest BCUT2D eigenvalue weighted by molar-refractivity contribution is 8.23. The van der Waals surface area contributed by atoms with E-state index in [1.165, 1.54) is 5.56 Å². The van der Waals surface area contributed by atoms with Crippen molar-refractivity contribution in [1.82, 2.24) is 0 Å². The fourth-order valence-electron chi connectivity index (χ4n) is 1.74. The van der Waals surface area contributed by atoms with E-state index in [0.29, 0.717) is 5.92 Å². The predicted molar refractivity (Wildman–Crippen MR) is 85.5 cm³/mol. The summed E-state index contributed by atoms with van der Waals surface area (Å²) in [6, 6.07) is 20.8. The van der Waals surface area contributed by atoms with Crippen LogP contribution in [0.3, 0.4) is 0 Å². The largest absolute Gasteiger partial charge is 0.113 e. The van der Waals surface area contributed by atoms with Crippen LogP contribution in [0, 0.1) is 0 Å². The molecule has 0 radical (unpaired) electrons. The summed E-state index contributed by atoms with van der Waals surface area (Å²) in [5, 5.41) is 0. The normalized spacial score (nSPS) is 12.1. The molecule has 1 unspecified atom stereocenters. The zero-order chi connectivity index (χ0) is 12.8. The lowest BCUT2D eigenvalue weighted by Crippen LogP contribution is -2.00. The summed E-state index contributed by atoms with van der Waals surface area (Å²) in [5.41, 5.74) is 2.53. The third-order valence-corrected chi connectivity index (χ3v) is 4.60. The van der Waals surface area contributed by atoms with Gasteiger partial charge >= 0.3 is 0 Å². The average Bonchev–Trinajstić information content (AvgIpc) is 2.46. The van der Waals surface area contributed by atoms with Crippen LogP contribution < -0.4 is 0 Å². The summed E-state index contributed by atoms with van der Waals surface area (Å²) in [6.45, 7) is 2.25. The maximum atomic E-state index is 5.45. The van der Waals surface area contributed by atoms with Crippen LogP contribution >= 0.6 is 24.0 Å². The summed E-state index contributed by atoms with van der Waals surface area (Å²) in [6.07, 6.45) is 0. The second-order valence-corrected chi connectivity index (χ2v) is 5.97. The Hall–Kier alpha value is -1.12. The van der Waals surface area contributed by atoms with Gasteiger partial charge < -0.3 is 0 Å². The van der Waals surface area contributed by atoms with Crippen molar-refractivity contribution in [3.05, 3.63) is 71.8 Å². The molecular formula is C16H16S2. The Morgan fingerprint density at radius 2 is 1.56 bits per heavy atom.